The average Bonchev–Trinajstić information content (AvgIpc) is 3.66. The average molecular weight is 683 g/mol. The first kappa shape index (κ1) is 32.9. The minimum absolute atomic E-state index is 0.00841. The van der Waals surface area contributed by atoms with Gasteiger partial charge in [0.05, 0.1) is 6.04 Å². The molecule has 0 spiro atoms. The van der Waals surface area contributed by atoms with Crippen LogP contribution in [0.1, 0.15) is 71.6 Å². The highest BCUT2D eigenvalue weighted by Crippen LogP contribution is 2.56. The molecule has 4 aliphatic heterocycles. The molecular weight excluding hydrogens is 641 g/mol. The molecule has 3 amide bonds. The number of benzene rings is 2. The number of hydrogen-bond acceptors (Lipinski definition) is 6. The van der Waals surface area contributed by atoms with Gasteiger partial charge in [-0.2, -0.15) is 0 Å². The number of allylic oxidation sites excluding steroid dienone is 1. The topological polar surface area (TPSA) is 76.5 Å². The highest BCUT2D eigenvalue weighted by Gasteiger charge is 2.54. The van der Waals surface area contributed by atoms with E-state index in [0.29, 0.717) is 41.0 Å². The lowest BCUT2D eigenvalue weighted by atomic mass is 9.81. The molecule has 2 aromatic carbocycles. The summed E-state index contributed by atoms with van der Waals surface area (Å²) in [6.07, 6.45) is 1.38. The fourth-order valence-corrected chi connectivity index (χ4v) is 9.19. The van der Waals surface area contributed by atoms with Gasteiger partial charge in [0.25, 0.3) is 5.91 Å². The van der Waals surface area contributed by atoms with Crippen molar-refractivity contribution in [2.24, 2.45) is 10.9 Å². The van der Waals surface area contributed by atoms with Crippen LogP contribution in [0.4, 0.5) is 0 Å². The van der Waals surface area contributed by atoms with E-state index in [0.717, 1.165) is 28.4 Å². The van der Waals surface area contributed by atoms with Crippen LogP contribution in [0, 0.1) is 5.92 Å². The summed E-state index contributed by atoms with van der Waals surface area (Å²) in [7, 11) is 0. The maximum atomic E-state index is 14.7. The quantitative estimate of drug-likeness (QED) is 0.351. The predicted octanol–water partition coefficient (Wildman–Crippen LogP) is 6.69. The van der Waals surface area contributed by atoms with Gasteiger partial charge in [-0.15, -0.1) is 0 Å². The number of likely N-dealkylation sites (tertiary alicyclic amines) is 1. The van der Waals surface area contributed by atoms with Crippen molar-refractivity contribution in [3.8, 4) is 0 Å². The Kier molecular flexibility index (Phi) is 8.98. The van der Waals surface area contributed by atoms with Crippen molar-refractivity contribution < 1.29 is 14.4 Å². The van der Waals surface area contributed by atoms with E-state index in [1.54, 1.807) is 6.92 Å². The molecule has 5 atom stereocenters. The molecule has 6 rings (SSSR count). The van der Waals surface area contributed by atoms with Gasteiger partial charge in [0.15, 0.2) is 5.17 Å². The first-order valence-corrected chi connectivity index (χ1v) is 17.6. The first-order valence-electron chi connectivity index (χ1n) is 16.0. The third kappa shape index (κ3) is 5.62. The van der Waals surface area contributed by atoms with E-state index >= 15 is 0 Å². The molecule has 0 bridgehead atoms. The largest absolute Gasteiger partial charge is 0.337 e. The van der Waals surface area contributed by atoms with Crippen LogP contribution < -0.4 is 0 Å². The lowest BCUT2D eigenvalue weighted by molar-refractivity contribution is -0.147. The Labute approximate surface area is 285 Å². The molecular formula is C35H41Cl2N5O3S. The van der Waals surface area contributed by atoms with Crippen LogP contribution in [0.25, 0.3) is 0 Å². The third-order valence-electron chi connectivity index (χ3n) is 9.90. The van der Waals surface area contributed by atoms with Crippen molar-refractivity contribution in [2.75, 3.05) is 19.6 Å². The second kappa shape index (κ2) is 12.5. The molecule has 2 aromatic rings. The summed E-state index contributed by atoms with van der Waals surface area (Å²) in [5.41, 5.74) is 2.32. The SMILES string of the molecule is CC(=O)N1CCN(C(=O)[C@@H]2CC[C@@H](C)N2C(=O)C2=C(C(C)C)N3C(=N[C@@](C)(c4ccc(Cl)cc4)[C@H]3c3ccc(Cl)cc3)S2)C[C@@H]1C. The van der Waals surface area contributed by atoms with Crippen molar-refractivity contribution >= 4 is 57.9 Å². The van der Waals surface area contributed by atoms with E-state index in [1.165, 1.54) is 11.8 Å². The maximum absolute atomic E-state index is 14.7. The van der Waals surface area contributed by atoms with Gasteiger partial charge in [0, 0.05) is 54.4 Å². The monoisotopic (exact) mass is 681 g/mol. The Morgan fingerprint density at radius 3 is 2.15 bits per heavy atom. The minimum atomic E-state index is -0.659. The number of carbonyl (C=O) groups is 3. The van der Waals surface area contributed by atoms with Crippen molar-refractivity contribution in [1.29, 1.82) is 0 Å². The molecule has 0 radical (unpaired) electrons. The number of amidine groups is 1. The lowest BCUT2D eigenvalue weighted by Crippen LogP contribution is -2.58. The second-order valence-corrected chi connectivity index (χ2v) is 15.2. The Hall–Kier alpha value is -3.01. The van der Waals surface area contributed by atoms with Crippen molar-refractivity contribution in [3.05, 3.63) is 80.3 Å². The van der Waals surface area contributed by atoms with E-state index in [-0.39, 0.29) is 41.8 Å². The van der Waals surface area contributed by atoms with Gasteiger partial charge in [0.2, 0.25) is 11.8 Å². The van der Waals surface area contributed by atoms with Crippen LogP contribution >= 0.6 is 35.0 Å². The fourth-order valence-electron chi connectivity index (χ4n) is 7.59. The number of nitrogens with zero attached hydrogens (tertiary/aromatic N) is 5. The number of hydrogen-bond donors (Lipinski definition) is 0. The zero-order chi connectivity index (χ0) is 33.1. The molecule has 11 heteroatoms. The lowest BCUT2D eigenvalue weighted by Gasteiger charge is -2.41. The summed E-state index contributed by atoms with van der Waals surface area (Å²) < 4.78 is 0. The fraction of sp³-hybridized carbons (Fsp3) is 0.486. The summed E-state index contributed by atoms with van der Waals surface area (Å²) in [5.74, 6) is -0.124. The van der Waals surface area contributed by atoms with E-state index in [9.17, 15) is 14.4 Å². The zero-order valence-electron chi connectivity index (χ0n) is 27.2. The number of fused-ring (bicyclic) bond motifs is 1. The van der Waals surface area contributed by atoms with Crippen LogP contribution in [-0.2, 0) is 19.9 Å². The Morgan fingerprint density at radius 2 is 1.57 bits per heavy atom. The van der Waals surface area contributed by atoms with Gasteiger partial charge < -0.3 is 19.6 Å². The van der Waals surface area contributed by atoms with Gasteiger partial charge in [-0.05, 0) is 86.7 Å². The highest BCUT2D eigenvalue weighted by molar-refractivity contribution is 8.18. The number of amides is 3. The molecule has 0 unspecified atom stereocenters. The molecule has 0 aromatic heterocycles. The van der Waals surface area contributed by atoms with E-state index in [2.05, 4.69) is 25.7 Å². The van der Waals surface area contributed by atoms with Crippen LogP contribution in [0.5, 0.6) is 0 Å². The Morgan fingerprint density at radius 1 is 0.935 bits per heavy atom. The standard InChI is InChI=1S/C35H41Cl2N5O3S/c1-20(2)29-30(33(45)41-21(3)7-16-28(41)32(44)39-17-18-40(23(5)43)22(4)19-39)46-34-38-35(6,25-10-14-27(37)15-11-25)31(42(29)34)24-8-12-26(36)13-9-24/h8-15,20-22,28,31H,7,16-19H2,1-6H3/t21-,22+,28+,31-,35+/m1/s1. The summed E-state index contributed by atoms with van der Waals surface area (Å²) in [6.45, 7) is 13.4. The summed E-state index contributed by atoms with van der Waals surface area (Å²) in [4.78, 5) is 54.4. The number of rotatable bonds is 5. The molecule has 0 N–H and O–H groups in total. The smallest absolute Gasteiger partial charge is 0.263 e. The molecule has 46 heavy (non-hydrogen) atoms. The van der Waals surface area contributed by atoms with E-state index in [4.69, 9.17) is 28.2 Å². The highest BCUT2D eigenvalue weighted by atomic mass is 35.5. The number of aliphatic imine (C=N–C) groups is 1. The Bertz CT molecular complexity index is 1610. The molecule has 4 aliphatic rings. The number of piperazine rings is 1. The first-order chi connectivity index (χ1) is 21.8. The van der Waals surface area contributed by atoms with E-state index in [1.807, 2.05) is 77.1 Å². The van der Waals surface area contributed by atoms with Crippen LogP contribution in [0.15, 0.2) is 64.1 Å². The summed E-state index contributed by atoms with van der Waals surface area (Å²) in [5, 5.41) is 2.08. The van der Waals surface area contributed by atoms with Gasteiger partial charge in [-0.1, -0.05) is 61.3 Å². The number of thioether (sulfide) groups is 1. The molecule has 244 valence electrons. The van der Waals surface area contributed by atoms with Crippen molar-refractivity contribution in [2.45, 2.75) is 84.1 Å². The number of halogens is 2. The van der Waals surface area contributed by atoms with Gasteiger partial charge >= 0.3 is 0 Å². The molecule has 2 saturated heterocycles. The van der Waals surface area contributed by atoms with Crippen molar-refractivity contribution in [1.82, 2.24) is 19.6 Å². The van der Waals surface area contributed by atoms with Gasteiger partial charge in [-0.3, -0.25) is 14.4 Å². The second-order valence-electron chi connectivity index (χ2n) is 13.3. The van der Waals surface area contributed by atoms with Crippen LogP contribution in [0.3, 0.4) is 0 Å². The van der Waals surface area contributed by atoms with Crippen molar-refractivity contribution in [3.63, 3.8) is 0 Å². The van der Waals surface area contributed by atoms with Crippen LogP contribution in [0.2, 0.25) is 10.0 Å². The van der Waals surface area contributed by atoms with E-state index < -0.39 is 11.6 Å². The van der Waals surface area contributed by atoms with Crippen LogP contribution in [-0.4, -0.2) is 80.2 Å². The Balaban J connectivity index is 1.36. The molecule has 0 aliphatic carbocycles. The molecule has 4 heterocycles. The maximum Gasteiger partial charge on any atom is 0.263 e. The molecule has 0 saturated carbocycles. The zero-order valence-corrected chi connectivity index (χ0v) is 29.5. The molecule has 8 nitrogen and oxygen atoms in total. The van der Waals surface area contributed by atoms with Gasteiger partial charge in [-0.25, -0.2) is 4.99 Å². The summed E-state index contributed by atoms with van der Waals surface area (Å²) >= 11 is 14.0. The third-order valence-corrected chi connectivity index (χ3v) is 11.5. The summed E-state index contributed by atoms with van der Waals surface area (Å²) in [6, 6.07) is 14.8. The van der Waals surface area contributed by atoms with Gasteiger partial charge in [0.1, 0.15) is 16.5 Å². The normalized spacial score (nSPS) is 27.9. The molecule has 2 fully saturated rings. The predicted molar refractivity (Wildman–Crippen MR) is 184 cm³/mol. The minimum Gasteiger partial charge on any atom is -0.337 e. The number of carbonyl (C=O) groups excluding carboxylic acids is 3.